The fraction of sp³-hybridized carbons (Fsp3) is 0.333. The van der Waals surface area contributed by atoms with E-state index in [9.17, 15) is 4.79 Å². The van der Waals surface area contributed by atoms with E-state index < -0.39 is 0 Å². The number of nitrogens with zero attached hydrogens (tertiary/aromatic N) is 1. The third-order valence-electron chi connectivity index (χ3n) is 3.57. The van der Waals surface area contributed by atoms with Gasteiger partial charge in [0.25, 0.3) is 0 Å². The Balaban J connectivity index is 1.73. The largest absolute Gasteiger partial charge is 0.481 e. The molecule has 5 heteroatoms. The Labute approximate surface area is 137 Å². The lowest BCUT2D eigenvalue weighted by atomic mass is 10.1. The van der Waals surface area contributed by atoms with Gasteiger partial charge in [-0.3, -0.25) is 0 Å². The predicted molar refractivity (Wildman–Crippen MR) is 90.4 cm³/mol. The van der Waals surface area contributed by atoms with Gasteiger partial charge in [-0.05, 0) is 31.4 Å². The first-order valence-corrected chi connectivity index (χ1v) is 7.75. The van der Waals surface area contributed by atoms with Crippen molar-refractivity contribution in [3.8, 4) is 5.88 Å². The minimum absolute atomic E-state index is 0.103. The molecule has 5 nitrogen and oxygen atoms in total. The maximum Gasteiger partial charge on any atom is 0.315 e. The summed E-state index contributed by atoms with van der Waals surface area (Å²) >= 11 is 0. The molecule has 1 aromatic heterocycles. The number of ether oxygens (including phenoxy) is 1. The van der Waals surface area contributed by atoms with Crippen LogP contribution < -0.4 is 15.4 Å². The quantitative estimate of drug-likeness (QED) is 0.826. The summed E-state index contributed by atoms with van der Waals surface area (Å²) in [5.74, 6) is 0.532. The van der Waals surface area contributed by atoms with Crippen molar-refractivity contribution in [1.29, 1.82) is 0 Å². The molecular weight excluding hydrogens is 290 g/mol. The molecule has 2 amide bonds. The average molecular weight is 313 g/mol. The van der Waals surface area contributed by atoms with E-state index in [0.717, 1.165) is 18.4 Å². The topological polar surface area (TPSA) is 63.2 Å². The van der Waals surface area contributed by atoms with Crippen molar-refractivity contribution in [3.05, 3.63) is 59.8 Å². The fourth-order valence-corrected chi connectivity index (χ4v) is 2.29. The number of methoxy groups -OCH3 is 1. The van der Waals surface area contributed by atoms with Gasteiger partial charge in [-0.1, -0.05) is 36.4 Å². The Bertz CT molecular complexity index is 617. The van der Waals surface area contributed by atoms with Gasteiger partial charge in [0.15, 0.2) is 0 Å². The van der Waals surface area contributed by atoms with Crippen LogP contribution in [0.4, 0.5) is 4.79 Å². The van der Waals surface area contributed by atoms with Gasteiger partial charge in [-0.15, -0.1) is 0 Å². The lowest BCUT2D eigenvalue weighted by Crippen LogP contribution is -2.40. The number of amides is 2. The Morgan fingerprint density at radius 2 is 2.00 bits per heavy atom. The highest BCUT2D eigenvalue weighted by molar-refractivity contribution is 5.74. The third kappa shape index (κ3) is 5.62. The molecule has 0 bridgehead atoms. The smallest absolute Gasteiger partial charge is 0.315 e. The number of nitrogens with one attached hydrogen (secondary N) is 2. The lowest BCUT2D eigenvalue weighted by molar-refractivity contribution is 0.236. The molecule has 1 atom stereocenters. The molecule has 1 unspecified atom stereocenters. The molecular formula is C18H23N3O2. The van der Waals surface area contributed by atoms with Crippen LogP contribution in [0.1, 0.15) is 24.5 Å². The molecule has 23 heavy (non-hydrogen) atoms. The maximum atomic E-state index is 12.0. The zero-order valence-electron chi connectivity index (χ0n) is 13.6. The number of benzene rings is 1. The summed E-state index contributed by atoms with van der Waals surface area (Å²) in [5, 5.41) is 5.78. The number of hydrogen-bond donors (Lipinski definition) is 2. The summed E-state index contributed by atoms with van der Waals surface area (Å²) in [4.78, 5) is 16.1. The Morgan fingerprint density at radius 3 is 2.74 bits per heavy atom. The number of aromatic nitrogens is 1. The first kappa shape index (κ1) is 16.8. The number of carbonyl (C=O) groups is 1. The minimum Gasteiger partial charge on any atom is -0.481 e. The number of aryl methyl sites for hydroxylation is 1. The standard InChI is InChI=1S/C18H23N3O2/c1-14(10-11-15-7-4-3-5-8-15)21-18(22)20-13-16-9-6-12-19-17(16)23-2/h3-9,12,14H,10-11,13H2,1-2H3,(H2,20,21,22). The van der Waals surface area contributed by atoms with Crippen molar-refractivity contribution in [2.75, 3.05) is 7.11 Å². The van der Waals surface area contributed by atoms with Gasteiger partial charge in [-0.2, -0.15) is 0 Å². The second kappa shape index (κ2) is 8.78. The SMILES string of the molecule is COc1ncccc1CNC(=O)NC(C)CCc1ccccc1. The van der Waals surface area contributed by atoms with Gasteiger partial charge in [0, 0.05) is 24.3 Å². The van der Waals surface area contributed by atoms with Crippen molar-refractivity contribution >= 4 is 6.03 Å². The summed E-state index contributed by atoms with van der Waals surface area (Å²) in [6, 6.07) is 13.9. The molecule has 0 aliphatic carbocycles. The summed E-state index contributed by atoms with van der Waals surface area (Å²) in [7, 11) is 1.57. The summed E-state index contributed by atoms with van der Waals surface area (Å²) in [6.45, 7) is 2.39. The van der Waals surface area contributed by atoms with Crippen molar-refractivity contribution in [3.63, 3.8) is 0 Å². The van der Waals surface area contributed by atoms with E-state index in [1.807, 2.05) is 37.3 Å². The number of pyridine rings is 1. The van der Waals surface area contributed by atoms with Crippen molar-refractivity contribution in [1.82, 2.24) is 15.6 Å². The monoisotopic (exact) mass is 313 g/mol. The number of urea groups is 1. The first-order chi connectivity index (χ1) is 11.2. The normalized spacial score (nSPS) is 11.6. The van der Waals surface area contributed by atoms with Crippen LogP contribution in [-0.4, -0.2) is 24.2 Å². The molecule has 0 radical (unpaired) electrons. The molecule has 0 fully saturated rings. The van der Waals surface area contributed by atoms with Gasteiger partial charge in [0.1, 0.15) is 0 Å². The zero-order valence-corrected chi connectivity index (χ0v) is 13.6. The number of rotatable bonds is 7. The van der Waals surface area contributed by atoms with E-state index >= 15 is 0 Å². The van der Waals surface area contributed by atoms with Crippen LogP contribution in [0.3, 0.4) is 0 Å². The molecule has 2 aromatic rings. The summed E-state index contributed by atoms with van der Waals surface area (Å²) in [5.41, 5.74) is 2.13. The molecule has 0 saturated carbocycles. The highest BCUT2D eigenvalue weighted by Gasteiger charge is 2.09. The fourth-order valence-electron chi connectivity index (χ4n) is 2.29. The molecule has 122 valence electrons. The van der Waals surface area contributed by atoms with Crippen LogP contribution in [0.2, 0.25) is 0 Å². The molecule has 2 N–H and O–H groups in total. The molecule has 0 aliphatic rings. The van der Waals surface area contributed by atoms with Crippen LogP contribution in [0.25, 0.3) is 0 Å². The summed E-state index contributed by atoms with van der Waals surface area (Å²) < 4.78 is 5.16. The van der Waals surface area contributed by atoms with E-state index in [1.54, 1.807) is 13.3 Å². The van der Waals surface area contributed by atoms with E-state index in [1.165, 1.54) is 5.56 Å². The maximum absolute atomic E-state index is 12.0. The highest BCUT2D eigenvalue weighted by atomic mass is 16.5. The van der Waals surface area contributed by atoms with Crippen LogP contribution in [0.15, 0.2) is 48.7 Å². The van der Waals surface area contributed by atoms with E-state index in [0.29, 0.717) is 12.4 Å². The molecule has 2 rings (SSSR count). The highest BCUT2D eigenvalue weighted by Crippen LogP contribution is 2.12. The van der Waals surface area contributed by atoms with Crippen LogP contribution in [0, 0.1) is 0 Å². The second-order valence-electron chi connectivity index (χ2n) is 5.42. The van der Waals surface area contributed by atoms with E-state index in [2.05, 4.69) is 27.8 Å². The average Bonchev–Trinajstić information content (AvgIpc) is 2.59. The minimum atomic E-state index is -0.184. The van der Waals surface area contributed by atoms with Crippen LogP contribution in [0.5, 0.6) is 5.88 Å². The van der Waals surface area contributed by atoms with Gasteiger partial charge in [-0.25, -0.2) is 9.78 Å². The van der Waals surface area contributed by atoms with Crippen molar-refractivity contribution < 1.29 is 9.53 Å². The van der Waals surface area contributed by atoms with Crippen molar-refractivity contribution in [2.45, 2.75) is 32.4 Å². The van der Waals surface area contributed by atoms with Crippen LogP contribution in [-0.2, 0) is 13.0 Å². The molecule has 0 aliphatic heterocycles. The molecule has 1 heterocycles. The number of hydrogen-bond acceptors (Lipinski definition) is 3. The molecule has 0 saturated heterocycles. The Morgan fingerprint density at radius 1 is 1.22 bits per heavy atom. The zero-order chi connectivity index (χ0) is 16.5. The lowest BCUT2D eigenvalue weighted by Gasteiger charge is -2.15. The van der Waals surface area contributed by atoms with Crippen LogP contribution >= 0.6 is 0 Å². The third-order valence-corrected chi connectivity index (χ3v) is 3.57. The van der Waals surface area contributed by atoms with Gasteiger partial charge < -0.3 is 15.4 Å². The summed E-state index contributed by atoms with van der Waals surface area (Å²) in [6.07, 6.45) is 3.50. The Hall–Kier alpha value is -2.56. The predicted octanol–water partition coefficient (Wildman–Crippen LogP) is 2.91. The van der Waals surface area contributed by atoms with Gasteiger partial charge in [0.05, 0.1) is 7.11 Å². The van der Waals surface area contributed by atoms with E-state index in [-0.39, 0.29) is 12.1 Å². The molecule has 1 aromatic carbocycles. The second-order valence-corrected chi connectivity index (χ2v) is 5.42. The van der Waals surface area contributed by atoms with E-state index in [4.69, 9.17) is 4.74 Å². The van der Waals surface area contributed by atoms with Gasteiger partial charge in [0.2, 0.25) is 5.88 Å². The first-order valence-electron chi connectivity index (χ1n) is 7.75. The van der Waals surface area contributed by atoms with Crippen molar-refractivity contribution in [2.24, 2.45) is 0 Å². The molecule has 0 spiro atoms. The number of carbonyl (C=O) groups excluding carboxylic acids is 1. The Kier molecular flexibility index (Phi) is 6.41. The van der Waals surface area contributed by atoms with Gasteiger partial charge >= 0.3 is 6.03 Å².